The third-order valence-corrected chi connectivity index (χ3v) is 2.68. The lowest BCUT2D eigenvalue weighted by Gasteiger charge is -2.04. The molecule has 90 valence electrons. The fourth-order valence-corrected chi connectivity index (χ4v) is 1.87. The minimum atomic E-state index is -0.395. The summed E-state index contributed by atoms with van der Waals surface area (Å²) in [5, 5.41) is 8.64. The maximum Gasteiger partial charge on any atom is 0.348 e. The van der Waals surface area contributed by atoms with Crippen molar-refractivity contribution in [3.8, 4) is 0 Å². The second kappa shape index (κ2) is 3.66. The SMILES string of the molecule is CNC(=O)c1nc2ccccc2n2c(=O)[nH]nc12. The quantitative estimate of drug-likeness (QED) is 0.625. The Balaban J connectivity index is 2.56. The number of carbonyl (C=O) groups is 1. The summed E-state index contributed by atoms with van der Waals surface area (Å²) in [5.41, 5.74) is 1.12. The lowest BCUT2D eigenvalue weighted by atomic mass is 10.2. The minimum Gasteiger partial charge on any atom is -0.354 e. The van der Waals surface area contributed by atoms with E-state index in [1.165, 1.54) is 11.4 Å². The van der Waals surface area contributed by atoms with Crippen LogP contribution in [0.1, 0.15) is 10.5 Å². The highest BCUT2D eigenvalue weighted by Crippen LogP contribution is 2.14. The van der Waals surface area contributed by atoms with Crippen LogP contribution >= 0.6 is 0 Å². The standard InChI is InChI=1S/C11H9N5O2/c1-12-10(17)8-9-14-15-11(18)16(9)7-5-3-2-4-6(7)13-8/h2-5H,1H3,(H,12,17)(H,15,18). The number of fused-ring (bicyclic) bond motifs is 3. The van der Waals surface area contributed by atoms with E-state index in [1.807, 2.05) is 0 Å². The van der Waals surface area contributed by atoms with Crippen molar-refractivity contribution >= 4 is 22.6 Å². The molecule has 1 amide bonds. The molecule has 0 saturated carbocycles. The van der Waals surface area contributed by atoms with Crippen molar-refractivity contribution in [1.82, 2.24) is 24.9 Å². The fraction of sp³-hybridized carbons (Fsp3) is 0.0909. The third-order valence-electron chi connectivity index (χ3n) is 2.68. The monoisotopic (exact) mass is 243 g/mol. The lowest BCUT2D eigenvalue weighted by Crippen LogP contribution is -2.21. The van der Waals surface area contributed by atoms with Crippen LogP contribution in [0.25, 0.3) is 16.7 Å². The van der Waals surface area contributed by atoms with Gasteiger partial charge in [0.15, 0.2) is 11.3 Å². The van der Waals surface area contributed by atoms with Crippen molar-refractivity contribution in [1.29, 1.82) is 0 Å². The topological polar surface area (TPSA) is 92.2 Å². The van der Waals surface area contributed by atoms with Gasteiger partial charge in [0.2, 0.25) is 0 Å². The first kappa shape index (κ1) is 10.5. The molecule has 1 aromatic carbocycles. The Bertz CT molecular complexity index is 817. The molecule has 3 rings (SSSR count). The predicted octanol–water partition coefficient (Wildman–Crippen LogP) is -0.0696. The summed E-state index contributed by atoms with van der Waals surface area (Å²) in [6.07, 6.45) is 0. The highest BCUT2D eigenvalue weighted by atomic mass is 16.2. The highest BCUT2D eigenvalue weighted by molar-refractivity contribution is 5.99. The zero-order chi connectivity index (χ0) is 12.7. The fourth-order valence-electron chi connectivity index (χ4n) is 1.87. The van der Waals surface area contributed by atoms with Gasteiger partial charge in [0.05, 0.1) is 11.0 Å². The van der Waals surface area contributed by atoms with E-state index in [-0.39, 0.29) is 17.2 Å². The van der Waals surface area contributed by atoms with Gasteiger partial charge in [0.25, 0.3) is 5.91 Å². The molecular formula is C11H9N5O2. The molecule has 0 aliphatic carbocycles. The van der Waals surface area contributed by atoms with Crippen LogP contribution in [0.3, 0.4) is 0 Å². The van der Waals surface area contributed by atoms with Crippen LogP contribution in [0.5, 0.6) is 0 Å². The van der Waals surface area contributed by atoms with Gasteiger partial charge >= 0.3 is 5.69 Å². The third kappa shape index (κ3) is 1.30. The molecule has 2 heterocycles. The molecule has 0 atom stereocenters. The Labute approximate surface area is 100 Å². The number of rotatable bonds is 1. The number of H-pyrrole nitrogens is 1. The van der Waals surface area contributed by atoms with Gasteiger partial charge in [0, 0.05) is 7.05 Å². The van der Waals surface area contributed by atoms with Crippen molar-refractivity contribution in [3.63, 3.8) is 0 Å². The average Bonchev–Trinajstić information content (AvgIpc) is 2.79. The zero-order valence-corrected chi connectivity index (χ0v) is 9.47. The van der Waals surface area contributed by atoms with Gasteiger partial charge in [-0.05, 0) is 12.1 Å². The van der Waals surface area contributed by atoms with Crippen LogP contribution in [0, 0.1) is 0 Å². The Morgan fingerprint density at radius 1 is 1.39 bits per heavy atom. The van der Waals surface area contributed by atoms with Crippen molar-refractivity contribution in [2.75, 3.05) is 7.05 Å². The summed E-state index contributed by atoms with van der Waals surface area (Å²) in [6, 6.07) is 7.07. The number of hydrogen-bond acceptors (Lipinski definition) is 4. The Kier molecular flexibility index (Phi) is 2.12. The van der Waals surface area contributed by atoms with Gasteiger partial charge in [-0.25, -0.2) is 19.3 Å². The summed E-state index contributed by atoms with van der Waals surface area (Å²) in [6.45, 7) is 0. The first-order chi connectivity index (χ1) is 8.72. The first-order valence-corrected chi connectivity index (χ1v) is 5.30. The van der Waals surface area contributed by atoms with E-state index in [1.54, 1.807) is 24.3 Å². The number of benzene rings is 1. The maximum absolute atomic E-state index is 11.7. The van der Waals surface area contributed by atoms with E-state index < -0.39 is 5.69 Å². The number of aromatic nitrogens is 4. The largest absolute Gasteiger partial charge is 0.354 e. The molecule has 7 nitrogen and oxygen atoms in total. The van der Waals surface area contributed by atoms with Crippen LogP contribution in [0.15, 0.2) is 29.1 Å². The Hall–Kier alpha value is -2.70. The highest BCUT2D eigenvalue weighted by Gasteiger charge is 2.17. The Morgan fingerprint density at radius 3 is 2.94 bits per heavy atom. The van der Waals surface area contributed by atoms with E-state index in [9.17, 15) is 9.59 Å². The summed E-state index contributed by atoms with van der Waals surface area (Å²) in [5.74, 6) is -0.384. The molecule has 18 heavy (non-hydrogen) atoms. The average molecular weight is 243 g/mol. The second-order valence-electron chi connectivity index (χ2n) is 3.72. The van der Waals surface area contributed by atoms with E-state index in [2.05, 4.69) is 20.5 Å². The molecule has 0 bridgehead atoms. The summed E-state index contributed by atoms with van der Waals surface area (Å²) < 4.78 is 1.34. The molecule has 0 spiro atoms. The number of nitrogens with zero attached hydrogens (tertiary/aromatic N) is 3. The molecule has 0 saturated heterocycles. The van der Waals surface area contributed by atoms with Crippen LogP contribution in [0.2, 0.25) is 0 Å². The van der Waals surface area contributed by atoms with E-state index in [0.717, 1.165) is 0 Å². The van der Waals surface area contributed by atoms with Crippen LogP contribution < -0.4 is 11.0 Å². The number of hydrogen-bond donors (Lipinski definition) is 2. The smallest absolute Gasteiger partial charge is 0.348 e. The lowest BCUT2D eigenvalue weighted by molar-refractivity contribution is 0.0959. The van der Waals surface area contributed by atoms with Gasteiger partial charge < -0.3 is 5.32 Å². The molecule has 0 unspecified atom stereocenters. The van der Waals surface area contributed by atoms with Crippen LogP contribution in [0.4, 0.5) is 0 Å². The molecule has 7 heteroatoms. The van der Waals surface area contributed by atoms with E-state index in [0.29, 0.717) is 11.0 Å². The van der Waals surface area contributed by atoms with Gasteiger partial charge in [0.1, 0.15) is 0 Å². The van der Waals surface area contributed by atoms with Gasteiger partial charge in [-0.15, -0.1) is 0 Å². The summed E-state index contributed by atoms with van der Waals surface area (Å²) >= 11 is 0. The number of nitrogens with one attached hydrogen (secondary N) is 2. The number of aromatic amines is 1. The summed E-state index contributed by atoms with van der Waals surface area (Å²) in [7, 11) is 1.50. The molecule has 0 aliphatic heterocycles. The normalized spacial score (nSPS) is 10.9. The molecule has 0 aliphatic rings. The number of amides is 1. The molecule has 0 fully saturated rings. The zero-order valence-electron chi connectivity index (χ0n) is 9.47. The van der Waals surface area contributed by atoms with Gasteiger partial charge in [-0.1, -0.05) is 12.1 Å². The molecular weight excluding hydrogens is 234 g/mol. The van der Waals surface area contributed by atoms with E-state index >= 15 is 0 Å². The predicted molar refractivity (Wildman–Crippen MR) is 64.5 cm³/mol. The minimum absolute atomic E-state index is 0.120. The van der Waals surface area contributed by atoms with Crippen LogP contribution in [-0.2, 0) is 0 Å². The van der Waals surface area contributed by atoms with Crippen molar-refractivity contribution in [3.05, 3.63) is 40.4 Å². The van der Waals surface area contributed by atoms with Crippen molar-refractivity contribution in [2.45, 2.75) is 0 Å². The maximum atomic E-state index is 11.7. The van der Waals surface area contributed by atoms with Crippen molar-refractivity contribution in [2.24, 2.45) is 0 Å². The van der Waals surface area contributed by atoms with Crippen LogP contribution in [-0.4, -0.2) is 32.5 Å². The number of carbonyl (C=O) groups excluding carboxylic acids is 1. The molecule has 2 N–H and O–H groups in total. The van der Waals surface area contributed by atoms with Gasteiger partial charge in [-0.3, -0.25) is 4.79 Å². The molecule has 3 aromatic rings. The Morgan fingerprint density at radius 2 is 2.17 bits per heavy atom. The number of para-hydroxylation sites is 2. The second-order valence-corrected chi connectivity index (χ2v) is 3.72. The van der Waals surface area contributed by atoms with E-state index in [4.69, 9.17) is 0 Å². The van der Waals surface area contributed by atoms with Crippen molar-refractivity contribution < 1.29 is 4.79 Å². The molecule has 0 radical (unpaired) electrons. The summed E-state index contributed by atoms with van der Waals surface area (Å²) in [4.78, 5) is 27.7. The molecule has 2 aromatic heterocycles. The van der Waals surface area contributed by atoms with Gasteiger partial charge in [-0.2, -0.15) is 5.10 Å². The first-order valence-electron chi connectivity index (χ1n) is 5.30.